The van der Waals surface area contributed by atoms with E-state index in [0.29, 0.717) is 0 Å². The number of para-hydroxylation sites is 2. The molecule has 0 saturated heterocycles. The Morgan fingerprint density at radius 1 is 0.688 bits per heavy atom. The quantitative estimate of drug-likeness (QED) is 0.753. The van der Waals surface area contributed by atoms with Gasteiger partial charge in [0, 0.05) is 0 Å². The van der Waals surface area contributed by atoms with E-state index in [2.05, 4.69) is 39.3 Å². The lowest BCUT2D eigenvalue weighted by atomic mass is 10.3. The van der Waals surface area contributed by atoms with Gasteiger partial charge in [-0.1, -0.05) is 12.1 Å². The predicted octanol–water partition coefficient (Wildman–Crippen LogP) is 4.11. The van der Waals surface area contributed by atoms with Crippen LogP contribution in [0.25, 0.3) is 0 Å². The number of hydrogen-bond acceptors (Lipinski definition) is 2. The lowest BCUT2D eigenvalue weighted by Crippen LogP contribution is -2.32. The van der Waals surface area contributed by atoms with Gasteiger partial charge < -0.3 is 8.85 Å². The van der Waals surface area contributed by atoms with E-state index in [9.17, 15) is 0 Å². The molecule has 0 spiro atoms. The zero-order valence-electron chi connectivity index (χ0n) is 11.1. The van der Waals surface area contributed by atoms with Crippen LogP contribution in [0.3, 0.4) is 0 Å². The Hall–Kier alpha value is -0.746. The minimum Gasteiger partial charge on any atom is -0.542 e. The van der Waals surface area contributed by atoms with E-state index in [0.717, 1.165) is 11.5 Å². The van der Waals surface area contributed by atoms with Gasteiger partial charge in [-0.3, -0.25) is 0 Å². The molecule has 0 bridgehead atoms. The number of benzene rings is 1. The lowest BCUT2D eigenvalue weighted by molar-refractivity contribution is 0.489. The van der Waals surface area contributed by atoms with E-state index >= 15 is 0 Å². The highest BCUT2D eigenvalue weighted by Crippen LogP contribution is 2.30. The van der Waals surface area contributed by atoms with E-state index < -0.39 is 16.6 Å². The van der Waals surface area contributed by atoms with Crippen molar-refractivity contribution >= 4 is 16.6 Å². The minimum atomic E-state index is -1.57. The van der Waals surface area contributed by atoms with Crippen LogP contribution in [0.4, 0.5) is 0 Å². The van der Waals surface area contributed by atoms with Crippen LogP contribution in [0.5, 0.6) is 11.5 Å². The van der Waals surface area contributed by atoms with Crippen molar-refractivity contribution in [3.05, 3.63) is 24.3 Å². The molecule has 0 fully saturated rings. The van der Waals surface area contributed by atoms with Crippen molar-refractivity contribution in [2.45, 2.75) is 39.3 Å². The molecule has 0 saturated carbocycles. The predicted molar refractivity (Wildman–Crippen MR) is 74.4 cm³/mol. The topological polar surface area (TPSA) is 18.5 Å². The molecule has 1 aromatic carbocycles. The van der Waals surface area contributed by atoms with Crippen molar-refractivity contribution in [2.24, 2.45) is 0 Å². The van der Waals surface area contributed by atoms with Crippen LogP contribution in [-0.2, 0) is 0 Å². The molecule has 0 aromatic heterocycles. The first-order chi connectivity index (χ1) is 7.17. The van der Waals surface area contributed by atoms with Crippen molar-refractivity contribution in [1.82, 2.24) is 0 Å². The van der Waals surface area contributed by atoms with Crippen molar-refractivity contribution in [2.75, 3.05) is 0 Å². The summed E-state index contributed by atoms with van der Waals surface area (Å²) < 4.78 is 12.0. The second-order valence-electron chi connectivity index (χ2n) is 5.88. The molecule has 0 heterocycles. The van der Waals surface area contributed by atoms with Gasteiger partial charge in [0.25, 0.3) is 0 Å². The third kappa shape index (κ3) is 4.85. The van der Waals surface area contributed by atoms with Crippen LogP contribution < -0.4 is 8.85 Å². The monoisotopic (exact) mass is 254 g/mol. The third-order valence-electron chi connectivity index (χ3n) is 1.68. The number of rotatable bonds is 4. The van der Waals surface area contributed by atoms with Crippen LogP contribution in [0.2, 0.25) is 39.3 Å². The highest BCUT2D eigenvalue weighted by molar-refractivity contribution is 6.71. The molecule has 0 aliphatic rings. The average Bonchev–Trinajstić information content (AvgIpc) is 2.03. The Balaban J connectivity index is 2.92. The Morgan fingerprint density at radius 2 is 1.00 bits per heavy atom. The molecule has 0 aliphatic carbocycles. The largest absolute Gasteiger partial charge is 0.542 e. The van der Waals surface area contributed by atoms with Crippen LogP contribution in [0.1, 0.15) is 0 Å². The average molecular weight is 254 g/mol. The smallest absolute Gasteiger partial charge is 0.242 e. The van der Waals surface area contributed by atoms with Crippen LogP contribution in [0, 0.1) is 0 Å². The molecule has 0 radical (unpaired) electrons. The summed E-state index contributed by atoms with van der Waals surface area (Å²) in [5, 5.41) is 0. The van der Waals surface area contributed by atoms with Gasteiger partial charge in [-0.05, 0) is 51.4 Å². The molecule has 90 valence electrons. The van der Waals surface area contributed by atoms with Crippen molar-refractivity contribution < 1.29 is 8.85 Å². The molecule has 16 heavy (non-hydrogen) atoms. The van der Waals surface area contributed by atoms with Crippen molar-refractivity contribution in [3.8, 4) is 11.5 Å². The van der Waals surface area contributed by atoms with Gasteiger partial charge >= 0.3 is 0 Å². The summed E-state index contributed by atoms with van der Waals surface area (Å²) in [7, 11) is -3.14. The summed E-state index contributed by atoms with van der Waals surface area (Å²) in [5.41, 5.74) is 0. The lowest BCUT2D eigenvalue weighted by Gasteiger charge is -2.25. The maximum atomic E-state index is 6.01. The van der Waals surface area contributed by atoms with E-state index in [1.54, 1.807) is 0 Å². The van der Waals surface area contributed by atoms with Gasteiger partial charge in [-0.25, -0.2) is 0 Å². The number of hydrogen-bond donors (Lipinski definition) is 0. The maximum Gasteiger partial charge on any atom is 0.242 e. The molecule has 4 heteroatoms. The van der Waals surface area contributed by atoms with Gasteiger partial charge in [0.15, 0.2) is 0 Å². The van der Waals surface area contributed by atoms with Crippen molar-refractivity contribution in [1.29, 1.82) is 0 Å². The summed E-state index contributed by atoms with van der Waals surface area (Å²) in [6.07, 6.45) is 0. The second kappa shape index (κ2) is 4.63. The summed E-state index contributed by atoms with van der Waals surface area (Å²) in [5.74, 6) is 1.79. The summed E-state index contributed by atoms with van der Waals surface area (Å²) >= 11 is 0. The first-order valence-corrected chi connectivity index (χ1v) is 12.5. The van der Waals surface area contributed by atoms with Gasteiger partial charge in [-0.15, -0.1) is 0 Å². The first kappa shape index (κ1) is 13.3. The molecule has 1 aromatic rings. The van der Waals surface area contributed by atoms with Crippen LogP contribution in [-0.4, -0.2) is 16.6 Å². The molecule has 2 nitrogen and oxygen atoms in total. The van der Waals surface area contributed by atoms with E-state index in [4.69, 9.17) is 8.85 Å². The van der Waals surface area contributed by atoms with Gasteiger partial charge in [0.2, 0.25) is 16.6 Å². The van der Waals surface area contributed by atoms with Gasteiger partial charge in [0.1, 0.15) is 11.5 Å². The van der Waals surface area contributed by atoms with Gasteiger partial charge in [-0.2, -0.15) is 0 Å². The highest BCUT2D eigenvalue weighted by atomic mass is 28.4. The Morgan fingerprint density at radius 3 is 1.25 bits per heavy atom. The molecule has 0 unspecified atom stereocenters. The molecule has 0 aliphatic heterocycles. The van der Waals surface area contributed by atoms with Crippen LogP contribution >= 0.6 is 0 Å². The zero-order valence-corrected chi connectivity index (χ0v) is 13.1. The van der Waals surface area contributed by atoms with Gasteiger partial charge in [0.05, 0.1) is 0 Å². The van der Waals surface area contributed by atoms with E-state index in [-0.39, 0.29) is 0 Å². The zero-order chi connectivity index (χ0) is 12.4. The minimum absolute atomic E-state index is 0.893. The SMILES string of the molecule is C[Si](C)(C)Oc1ccccc1O[Si](C)(C)C. The van der Waals surface area contributed by atoms with Crippen LogP contribution in [0.15, 0.2) is 24.3 Å². The first-order valence-electron chi connectivity index (χ1n) is 5.64. The standard InChI is InChI=1S/C12H22O2Si2/c1-15(2,3)13-11-9-7-8-10-12(11)14-16(4,5)6/h7-10H,1-6H3. The summed E-state index contributed by atoms with van der Waals surface area (Å²) in [6.45, 7) is 13.1. The summed E-state index contributed by atoms with van der Waals surface area (Å²) in [4.78, 5) is 0. The normalized spacial score (nSPS) is 12.4. The summed E-state index contributed by atoms with van der Waals surface area (Å²) in [6, 6.07) is 7.97. The molecular weight excluding hydrogens is 232 g/mol. The second-order valence-corrected chi connectivity index (χ2v) is 14.7. The Kier molecular flexibility index (Phi) is 3.85. The Labute approximate surface area is 101 Å². The van der Waals surface area contributed by atoms with Crippen molar-refractivity contribution in [3.63, 3.8) is 0 Å². The third-order valence-corrected chi connectivity index (χ3v) is 3.35. The molecular formula is C12H22O2Si2. The van der Waals surface area contributed by atoms with E-state index in [1.165, 1.54) is 0 Å². The highest BCUT2D eigenvalue weighted by Gasteiger charge is 2.22. The molecule has 0 N–H and O–H groups in total. The molecule has 1 rings (SSSR count). The molecule has 0 atom stereocenters. The maximum absolute atomic E-state index is 6.01. The fourth-order valence-electron chi connectivity index (χ4n) is 1.28. The fraction of sp³-hybridized carbons (Fsp3) is 0.500. The Bertz CT molecular complexity index is 316. The van der Waals surface area contributed by atoms with E-state index in [1.807, 2.05) is 24.3 Å². The molecule has 0 amide bonds. The fourth-order valence-corrected chi connectivity index (χ4v) is 2.94.